The number of piperazine rings is 1. The van der Waals surface area contributed by atoms with Crippen molar-refractivity contribution in [3.05, 3.63) is 29.8 Å². The Morgan fingerprint density at radius 2 is 1.87 bits per heavy atom. The van der Waals surface area contributed by atoms with Crippen LogP contribution in [0, 0.1) is 0 Å². The minimum absolute atomic E-state index is 0.184. The van der Waals surface area contributed by atoms with Crippen LogP contribution in [0.5, 0.6) is 0 Å². The quantitative estimate of drug-likeness (QED) is 0.670. The summed E-state index contributed by atoms with van der Waals surface area (Å²) in [6.45, 7) is 2.88. The van der Waals surface area contributed by atoms with E-state index in [-0.39, 0.29) is 6.04 Å². The molecule has 4 nitrogen and oxygen atoms in total. The number of nitrogens with zero attached hydrogens (tertiary/aromatic N) is 3. The highest BCUT2D eigenvalue weighted by atomic mass is 19.4. The van der Waals surface area contributed by atoms with Crippen LogP contribution in [0.25, 0.3) is 0 Å². The smallest absolute Gasteiger partial charge is 0.411 e. The molecule has 7 heteroatoms. The minimum Gasteiger partial charge on any atom is -0.411 e. The van der Waals surface area contributed by atoms with Crippen LogP contribution in [0.4, 0.5) is 18.9 Å². The maximum Gasteiger partial charge on any atom is 0.416 e. The molecule has 1 aliphatic carbocycles. The number of benzene rings is 1. The number of halogens is 3. The predicted molar refractivity (Wildman–Crippen MR) is 82.1 cm³/mol. The van der Waals surface area contributed by atoms with Gasteiger partial charge in [0, 0.05) is 31.9 Å². The van der Waals surface area contributed by atoms with Gasteiger partial charge >= 0.3 is 6.18 Å². The molecule has 1 aromatic carbocycles. The third kappa shape index (κ3) is 3.44. The van der Waals surface area contributed by atoms with Gasteiger partial charge in [0.1, 0.15) is 0 Å². The van der Waals surface area contributed by atoms with E-state index in [0.717, 1.165) is 44.1 Å². The monoisotopic (exact) mass is 327 g/mol. The van der Waals surface area contributed by atoms with E-state index in [1.807, 2.05) is 4.90 Å². The molecular formula is C16H20F3N3O. The number of oxime groups is 1. The van der Waals surface area contributed by atoms with Crippen molar-refractivity contribution in [1.82, 2.24) is 4.90 Å². The lowest BCUT2D eigenvalue weighted by molar-refractivity contribution is -0.137. The van der Waals surface area contributed by atoms with Gasteiger partial charge in [-0.2, -0.15) is 13.2 Å². The van der Waals surface area contributed by atoms with E-state index < -0.39 is 11.7 Å². The average molecular weight is 327 g/mol. The number of hydrogen-bond donors (Lipinski definition) is 1. The Kier molecular flexibility index (Phi) is 4.48. The van der Waals surface area contributed by atoms with Gasteiger partial charge in [-0.25, -0.2) is 0 Å². The summed E-state index contributed by atoms with van der Waals surface area (Å²) in [6, 6.07) is 5.68. The van der Waals surface area contributed by atoms with Crippen molar-refractivity contribution in [2.24, 2.45) is 5.16 Å². The van der Waals surface area contributed by atoms with Crippen molar-refractivity contribution in [2.45, 2.75) is 31.5 Å². The Hall–Kier alpha value is -1.76. The van der Waals surface area contributed by atoms with Gasteiger partial charge in [-0.05, 0) is 37.5 Å². The Morgan fingerprint density at radius 1 is 1.13 bits per heavy atom. The lowest BCUT2D eigenvalue weighted by atomic mass is 10.1. The van der Waals surface area contributed by atoms with Crippen LogP contribution in [-0.2, 0) is 6.18 Å². The molecule has 23 heavy (non-hydrogen) atoms. The molecule has 1 saturated carbocycles. The number of hydrogen-bond acceptors (Lipinski definition) is 4. The Morgan fingerprint density at radius 3 is 2.52 bits per heavy atom. The summed E-state index contributed by atoms with van der Waals surface area (Å²) in [7, 11) is 0. The van der Waals surface area contributed by atoms with Gasteiger partial charge in [0.25, 0.3) is 0 Å². The number of alkyl halides is 3. The van der Waals surface area contributed by atoms with Crippen molar-refractivity contribution in [2.75, 3.05) is 31.1 Å². The van der Waals surface area contributed by atoms with Gasteiger partial charge in [-0.3, -0.25) is 4.90 Å². The first-order valence-corrected chi connectivity index (χ1v) is 7.86. The average Bonchev–Trinajstić information content (AvgIpc) is 3.03. The molecule has 1 saturated heterocycles. The van der Waals surface area contributed by atoms with Crippen LogP contribution in [0.1, 0.15) is 24.8 Å². The zero-order chi connectivity index (χ0) is 16.4. The molecule has 0 bridgehead atoms. The van der Waals surface area contributed by atoms with Crippen molar-refractivity contribution in [3.8, 4) is 0 Å². The fraction of sp³-hybridized carbons (Fsp3) is 0.562. The van der Waals surface area contributed by atoms with Crippen molar-refractivity contribution in [3.63, 3.8) is 0 Å². The van der Waals surface area contributed by atoms with Gasteiger partial charge in [0.15, 0.2) is 0 Å². The summed E-state index contributed by atoms with van der Waals surface area (Å²) in [5.41, 5.74) is 0.836. The van der Waals surface area contributed by atoms with Gasteiger partial charge in [-0.15, -0.1) is 0 Å². The first kappa shape index (κ1) is 16.1. The van der Waals surface area contributed by atoms with Crippen molar-refractivity contribution in [1.29, 1.82) is 0 Å². The van der Waals surface area contributed by atoms with Crippen LogP contribution >= 0.6 is 0 Å². The van der Waals surface area contributed by atoms with E-state index in [4.69, 9.17) is 5.21 Å². The molecule has 1 heterocycles. The minimum atomic E-state index is -4.31. The van der Waals surface area contributed by atoms with E-state index in [1.54, 1.807) is 6.07 Å². The summed E-state index contributed by atoms with van der Waals surface area (Å²) in [5, 5.41) is 12.4. The maximum atomic E-state index is 12.8. The van der Waals surface area contributed by atoms with E-state index >= 15 is 0 Å². The summed E-state index contributed by atoms with van der Waals surface area (Å²) in [4.78, 5) is 4.25. The third-order valence-corrected chi connectivity index (χ3v) is 4.72. The van der Waals surface area contributed by atoms with Crippen LogP contribution in [0.15, 0.2) is 29.4 Å². The van der Waals surface area contributed by atoms with Gasteiger partial charge in [0.2, 0.25) is 0 Å². The molecule has 1 N–H and O–H groups in total. The number of anilines is 1. The van der Waals surface area contributed by atoms with Crippen LogP contribution < -0.4 is 4.90 Å². The first-order chi connectivity index (χ1) is 11.0. The summed E-state index contributed by atoms with van der Waals surface area (Å²) >= 11 is 0. The van der Waals surface area contributed by atoms with Crippen LogP contribution in [-0.4, -0.2) is 48.0 Å². The fourth-order valence-corrected chi connectivity index (χ4v) is 3.49. The third-order valence-electron chi connectivity index (χ3n) is 4.72. The Balaban J connectivity index is 1.65. The molecule has 0 aromatic heterocycles. The van der Waals surface area contributed by atoms with E-state index in [2.05, 4.69) is 10.1 Å². The highest BCUT2D eigenvalue weighted by Gasteiger charge is 2.33. The second kappa shape index (κ2) is 6.39. The molecule has 2 aliphatic rings. The summed E-state index contributed by atoms with van der Waals surface area (Å²) < 4.78 is 38.5. The maximum absolute atomic E-state index is 12.8. The largest absolute Gasteiger partial charge is 0.416 e. The van der Waals surface area contributed by atoms with E-state index in [9.17, 15) is 13.2 Å². The first-order valence-electron chi connectivity index (χ1n) is 7.86. The molecule has 2 fully saturated rings. The molecule has 0 unspecified atom stereocenters. The fourth-order valence-electron chi connectivity index (χ4n) is 3.49. The van der Waals surface area contributed by atoms with Gasteiger partial charge in [-0.1, -0.05) is 11.2 Å². The zero-order valence-electron chi connectivity index (χ0n) is 12.8. The second-order valence-electron chi connectivity index (χ2n) is 6.07. The molecule has 1 atom stereocenters. The van der Waals surface area contributed by atoms with Crippen molar-refractivity contribution < 1.29 is 18.4 Å². The zero-order valence-corrected chi connectivity index (χ0v) is 12.8. The van der Waals surface area contributed by atoms with E-state index in [0.29, 0.717) is 18.8 Å². The van der Waals surface area contributed by atoms with E-state index in [1.165, 1.54) is 12.1 Å². The lowest BCUT2D eigenvalue weighted by Crippen LogP contribution is -2.51. The van der Waals surface area contributed by atoms with Crippen LogP contribution in [0.3, 0.4) is 0 Å². The molecule has 1 aromatic rings. The molecule has 0 spiro atoms. The summed E-state index contributed by atoms with van der Waals surface area (Å²) in [6.07, 6.45) is -1.47. The Labute approximate surface area is 133 Å². The van der Waals surface area contributed by atoms with Gasteiger partial charge < -0.3 is 10.1 Å². The molecule has 0 amide bonds. The predicted octanol–water partition coefficient (Wildman–Crippen LogP) is 3.21. The normalized spacial score (nSPS) is 25.3. The molecular weight excluding hydrogens is 307 g/mol. The number of rotatable bonds is 2. The lowest BCUT2D eigenvalue weighted by Gasteiger charge is -2.39. The SMILES string of the molecule is O/N=C1\CCC[C@H]1N1CCN(c2cccc(C(F)(F)F)c2)CC1. The van der Waals surface area contributed by atoms with Crippen molar-refractivity contribution >= 4 is 11.4 Å². The standard InChI is InChI=1S/C16H20F3N3O/c17-16(18,19)12-3-1-4-13(11-12)21-7-9-22(10-8-21)15-6-2-5-14(15)20-23/h1,3-4,11,15,23H,2,5-10H2/b20-14+/t15-/m1/s1. The molecule has 126 valence electrons. The molecule has 0 radical (unpaired) electrons. The second-order valence-corrected chi connectivity index (χ2v) is 6.07. The summed E-state index contributed by atoms with van der Waals surface area (Å²) in [5.74, 6) is 0. The van der Waals surface area contributed by atoms with Crippen LogP contribution in [0.2, 0.25) is 0 Å². The van der Waals surface area contributed by atoms with Gasteiger partial charge in [0.05, 0.1) is 17.3 Å². The highest BCUT2D eigenvalue weighted by Crippen LogP contribution is 2.32. The Bertz CT molecular complexity index is 580. The molecule has 3 rings (SSSR count). The highest BCUT2D eigenvalue weighted by molar-refractivity contribution is 5.90. The molecule has 1 aliphatic heterocycles. The topological polar surface area (TPSA) is 39.1 Å².